The lowest BCUT2D eigenvalue weighted by Crippen LogP contribution is -2.13. The molecule has 0 fully saturated rings. The first-order chi connectivity index (χ1) is 10.1. The highest BCUT2D eigenvalue weighted by Crippen LogP contribution is 2.12. The summed E-state index contributed by atoms with van der Waals surface area (Å²) in [6, 6.07) is 14.7. The summed E-state index contributed by atoms with van der Waals surface area (Å²) in [5, 5.41) is 11.7. The van der Waals surface area contributed by atoms with Gasteiger partial charge in [0.2, 0.25) is 0 Å². The molecule has 0 bridgehead atoms. The fourth-order valence-corrected chi connectivity index (χ4v) is 1.71. The summed E-state index contributed by atoms with van der Waals surface area (Å²) in [7, 11) is 0. The van der Waals surface area contributed by atoms with E-state index in [0.717, 1.165) is 5.56 Å². The fourth-order valence-electron chi connectivity index (χ4n) is 1.71. The van der Waals surface area contributed by atoms with Gasteiger partial charge in [0.25, 0.3) is 5.91 Å². The third kappa shape index (κ3) is 4.02. The first kappa shape index (κ1) is 14.5. The Balaban J connectivity index is 2.17. The number of nitriles is 1. The molecule has 0 heterocycles. The van der Waals surface area contributed by atoms with Crippen molar-refractivity contribution in [1.82, 2.24) is 0 Å². The van der Waals surface area contributed by atoms with Crippen LogP contribution in [0.5, 0.6) is 0 Å². The topological polar surface area (TPSA) is 52.9 Å². The van der Waals surface area contributed by atoms with E-state index in [2.05, 4.69) is 5.32 Å². The lowest BCUT2D eigenvalue weighted by atomic mass is 10.1. The maximum atomic E-state index is 12.8. The second-order valence-corrected chi connectivity index (χ2v) is 4.54. The third-order valence-corrected chi connectivity index (χ3v) is 2.86. The number of aryl methyl sites for hydroxylation is 1. The SMILES string of the molecule is Cc1ccc(NC(=O)/C(C#N)=C/c2ccc(F)cc2)cc1. The molecule has 2 rings (SSSR count). The summed E-state index contributed by atoms with van der Waals surface area (Å²) in [6.45, 7) is 1.95. The number of carbonyl (C=O) groups is 1. The number of nitrogens with zero attached hydrogens (tertiary/aromatic N) is 1. The van der Waals surface area contributed by atoms with Gasteiger partial charge in [-0.1, -0.05) is 29.8 Å². The molecule has 0 radical (unpaired) electrons. The molecule has 3 nitrogen and oxygen atoms in total. The Morgan fingerprint density at radius 3 is 2.33 bits per heavy atom. The van der Waals surface area contributed by atoms with Crippen LogP contribution in [-0.2, 0) is 4.79 Å². The molecule has 21 heavy (non-hydrogen) atoms. The summed E-state index contributed by atoms with van der Waals surface area (Å²) in [5.74, 6) is -0.861. The summed E-state index contributed by atoms with van der Waals surface area (Å²) < 4.78 is 12.8. The minimum Gasteiger partial charge on any atom is -0.321 e. The van der Waals surface area contributed by atoms with Crippen molar-refractivity contribution in [2.24, 2.45) is 0 Å². The van der Waals surface area contributed by atoms with Crippen molar-refractivity contribution < 1.29 is 9.18 Å². The maximum absolute atomic E-state index is 12.8. The lowest BCUT2D eigenvalue weighted by molar-refractivity contribution is -0.112. The zero-order valence-electron chi connectivity index (χ0n) is 11.4. The minimum absolute atomic E-state index is 0.0396. The van der Waals surface area contributed by atoms with Gasteiger partial charge in [-0.3, -0.25) is 4.79 Å². The fraction of sp³-hybridized carbons (Fsp3) is 0.0588. The van der Waals surface area contributed by atoms with Gasteiger partial charge in [0.05, 0.1) is 0 Å². The van der Waals surface area contributed by atoms with Crippen LogP contribution in [0.2, 0.25) is 0 Å². The third-order valence-electron chi connectivity index (χ3n) is 2.86. The van der Waals surface area contributed by atoms with Gasteiger partial charge in [-0.2, -0.15) is 5.26 Å². The number of hydrogen-bond donors (Lipinski definition) is 1. The predicted octanol–water partition coefficient (Wildman–Crippen LogP) is 3.68. The number of anilines is 1. The first-order valence-corrected chi connectivity index (χ1v) is 6.34. The normalized spacial score (nSPS) is 10.8. The highest BCUT2D eigenvalue weighted by atomic mass is 19.1. The molecular formula is C17H13FN2O. The lowest BCUT2D eigenvalue weighted by Gasteiger charge is -2.04. The van der Waals surface area contributed by atoms with Gasteiger partial charge in [-0.15, -0.1) is 0 Å². The van der Waals surface area contributed by atoms with E-state index in [1.807, 2.05) is 25.1 Å². The molecule has 104 valence electrons. The van der Waals surface area contributed by atoms with Crippen LogP contribution in [0.25, 0.3) is 6.08 Å². The van der Waals surface area contributed by atoms with Crippen molar-refractivity contribution >= 4 is 17.7 Å². The standard InChI is InChI=1S/C17H13FN2O/c1-12-2-8-16(9-3-12)20-17(21)14(11-19)10-13-4-6-15(18)7-5-13/h2-10H,1H3,(H,20,21)/b14-10+. The predicted molar refractivity (Wildman–Crippen MR) is 79.8 cm³/mol. The molecular weight excluding hydrogens is 267 g/mol. The van der Waals surface area contributed by atoms with Crippen molar-refractivity contribution in [2.45, 2.75) is 6.92 Å². The molecule has 2 aromatic rings. The van der Waals surface area contributed by atoms with E-state index in [9.17, 15) is 9.18 Å². The number of nitrogens with one attached hydrogen (secondary N) is 1. The Bertz CT molecular complexity index is 710. The van der Waals surface area contributed by atoms with E-state index in [1.54, 1.807) is 12.1 Å². The van der Waals surface area contributed by atoms with Crippen LogP contribution < -0.4 is 5.32 Å². The number of carbonyl (C=O) groups excluding carboxylic acids is 1. The van der Waals surface area contributed by atoms with E-state index in [1.165, 1.54) is 30.3 Å². The van der Waals surface area contributed by atoms with Crippen LogP contribution in [-0.4, -0.2) is 5.91 Å². The second kappa shape index (κ2) is 6.49. The molecule has 0 spiro atoms. The van der Waals surface area contributed by atoms with Crippen LogP contribution >= 0.6 is 0 Å². The van der Waals surface area contributed by atoms with Crippen molar-refractivity contribution in [3.63, 3.8) is 0 Å². The van der Waals surface area contributed by atoms with Crippen molar-refractivity contribution in [3.05, 3.63) is 71.0 Å². The molecule has 0 atom stereocenters. The molecule has 4 heteroatoms. The second-order valence-electron chi connectivity index (χ2n) is 4.54. The average molecular weight is 280 g/mol. The Morgan fingerprint density at radius 2 is 1.76 bits per heavy atom. The summed E-state index contributed by atoms with van der Waals surface area (Å²) >= 11 is 0. The van der Waals surface area contributed by atoms with Gasteiger partial charge in [0.1, 0.15) is 17.5 Å². The molecule has 1 amide bonds. The van der Waals surface area contributed by atoms with E-state index < -0.39 is 5.91 Å². The van der Waals surface area contributed by atoms with Crippen LogP contribution in [0.3, 0.4) is 0 Å². The highest BCUT2D eigenvalue weighted by Gasteiger charge is 2.09. The quantitative estimate of drug-likeness (QED) is 0.688. The zero-order chi connectivity index (χ0) is 15.2. The molecule has 0 saturated carbocycles. The molecule has 0 aliphatic rings. The molecule has 2 aromatic carbocycles. The largest absolute Gasteiger partial charge is 0.321 e. The minimum atomic E-state index is -0.495. The smallest absolute Gasteiger partial charge is 0.266 e. The van der Waals surface area contributed by atoms with Crippen molar-refractivity contribution in [1.29, 1.82) is 5.26 Å². The van der Waals surface area contributed by atoms with Gasteiger partial charge < -0.3 is 5.32 Å². The summed E-state index contributed by atoms with van der Waals surface area (Å²) in [5.41, 5.74) is 2.25. The molecule has 0 aliphatic heterocycles. The zero-order valence-corrected chi connectivity index (χ0v) is 11.4. The Kier molecular flexibility index (Phi) is 4.47. The Morgan fingerprint density at radius 1 is 1.14 bits per heavy atom. The maximum Gasteiger partial charge on any atom is 0.266 e. The van der Waals surface area contributed by atoms with Gasteiger partial charge >= 0.3 is 0 Å². The Labute approximate surface area is 122 Å². The van der Waals surface area contributed by atoms with Crippen molar-refractivity contribution in [3.8, 4) is 6.07 Å². The molecule has 0 aromatic heterocycles. The van der Waals surface area contributed by atoms with Gasteiger partial charge in [-0.05, 0) is 42.8 Å². The number of amides is 1. The molecule has 0 saturated heterocycles. The number of halogens is 1. The average Bonchev–Trinajstić information content (AvgIpc) is 2.49. The monoisotopic (exact) mass is 280 g/mol. The van der Waals surface area contributed by atoms with Crippen LogP contribution in [0.4, 0.5) is 10.1 Å². The van der Waals surface area contributed by atoms with Gasteiger partial charge in [0.15, 0.2) is 0 Å². The summed E-state index contributed by atoms with van der Waals surface area (Å²) in [6.07, 6.45) is 1.42. The van der Waals surface area contributed by atoms with E-state index in [-0.39, 0.29) is 11.4 Å². The van der Waals surface area contributed by atoms with Crippen molar-refractivity contribution in [2.75, 3.05) is 5.32 Å². The van der Waals surface area contributed by atoms with Crippen LogP contribution in [0.15, 0.2) is 54.1 Å². The van der Waals surface area contributed by atoms with Crippen LogP contribution in [0.1, 0.15) is 11.1 Å². The van der Waals surface area contributed by atoms with E-state index in [0.29, 0.717) is 11.3 Å². The van der Waals surface area contributed by atoms with Gasteiger partial charge in [0, 0.05) is 5.69 Å². The van der Waals surface area contributed by atoms with Gasteiger partial charge in [-0.25, -0.2) is 4.39 Å². The first-order valence-electron chi connectivity index (χ1n) is 6.34. The highest BCUT2D eigenvalue weighted by molar-refractivity contribution is 6.09. The van der Waals surface area contributed by atoms with E-state index >= 15 is 0 Å². The van der Waals surface area contributed by atoms with Crippen LogP contribution in [0, 0.1) is 24.1 Å². The van der Waals surface area contributed by atoms with E-state index in [4.69, 9.17) is 5.26 Å². The molecule has 0 unspecified atom stereocenters. The molecule has 1 N–H and O–H groups in total. The number of hydrogen-bond acceptors (Lipinski definition) is 2. The number of benzene rings is 2. The number of rotatable bonds is 3. The summed E-state index contributed by atoms with van der Waals surface area (Å²) in [4.78, 5) is 12.0. The molecule has 0 aliphatic carbocycles. The Hall–Kier alpha value is -2.93.